The van der Waals surface area contributed by atoms with Crippen LogP contribution in [-0.4, -0.2) is 61.6 Å². The fraction of sp³-hybridized carbons (Fsp3) is 0.550. The number of aliphatic hydroxyl groups excluding tert-OH is 1. The first kappa shape index (κ1) is 17.3. The lowest BCUT2D eigenvalue weighted by Gasteiger charge is -2.60. The third-order valence-corrected chi connectivity index (χ3v) is 6.61. The van der Waals surface area contributed by atoms with Crippen LogP contribution in [0.4, 0.5) is 0 Å². The lowest BCUT2D eigenvalue weighted by Crippen LogP contribution is -2.79. The molecule has 7 nitrogen and oxygen atoms in total. The van der Waals surface area contributed by atoms with Crippen LogP contribution in [-0.2, 0) is 35.1 Å². The zero-order valence-electron chi connectivity index (χ0n) is 15.2. The van der Waals surface area contributed by atoms with Crippen LogP contribution in [0.25, 0.3) is 0 Å². The molecule has 6 atom stereocenters. The Hall–Kier alpha value is -1.77. The molecule has 2 heterocycles. The van der Waals surface area contributed by atoms with E-state index in [2.05, 4.69) is 0 Å². The van der Waals surface area contributed by atoms with Crippen LogP contribution in [0.15, 0.2) is 42.5 Å². The van der Waals surface area contributed by atoms with E-state index in [0.29, 0.717) is 6.61 Å². The Morgan fingerprint density at radius 3 is 2.67 bits per heavy atom. The predicted octanol–water partition coefficient (Wildman–Crippen LogP) is 0.802. The first-order valence-electron chi connectivity index (χ1n) is 9.05. The molecule has 2 aliphatic heterocycles. The topological polar surface area (TPSA) is 86.8 Å². The number of methoxy groups -OCH3 is 2. The van der Waals surface area contributed by atoms with Gasteiger partial charge in [-0.15, -0.1) is 0 Å². The van der Waals surface area contributed by atoms with Gasteiger partial charge in [0.05, 0.1) is 6.61 Å². The predicted molar refractivity (Wildman–Crippen MR) is 91.4 cm³/mol. The number of benzene rings is 1. The first-order valence-corrected chi connectivity index (χ1v) is 9.05. The van der Waals surface area contributed by atoms with Gasteiger partial charge in [-0.25, -0.2) is 4.79 Å². The quantitative estimate of drug-likeness (QED) is 0.353. The van der Waals surface area contributed by atoms with E-state index in [4.69, 9.17) is 23.7 Å². The van der Waals surface area contributed by atoms with Gasteiger partial charge in [-0.05, 0) is 5.56 Å². The molecule has 3 fully saturated rings. The standard InChI is InChI=1S/C20H22O7/c1-23-20(24-2)15(21)13-8-9-18(20)14(25-10-12-6-4-3-5-7-12)11-26-17(22)19(18)16(13)27-19/h3-9,13-16,21H,10-11H2,1-2H3. The molecule has 0 aromatic heterocycles. The maximum absolute atomic E-state index is 12.8. The summed E-state index contributed by atoms with van der Waals surface area (Å²) in [5, 5.41) is 11.0. The van der Waals surface area contributed by atoms with Crippen molar-refractivity contribution in [2.24, 2.45) is 11.3 Å². The average Bonchev–Trinajstić information content (AvgIpc) is 3.47. The van der Waals surface area contributed by atoms with Gasteiger partial charge in [0.1, 0.15) is 30.3 Å². The van der Waals surface area contributed by atoms with Crippen LogP contribution < -0.4 is 0 Å². The molecule has 7 heteroatoms. The van der Waals surface area contributed by atoms with Crippen molar-refractivity contribution in [1.82, 2.24) is 0 Å². The summed E-state index contributed by atoms with van der Waals surface area (Å²) in [5.41, 5.74) is -1.41. The lowest BCUT2D eigenvalue weighted by atomic mass is 9.51. The van der Waals surface area contributed by atoms with Gasteiger partial charge in [0, 0.05) is 20.1 Å². The van der Waals surface area contributed by atoms with Crippen LogP contribution >= 0.6 is 0 Å². The number of cyclic esters (lactones) is 1. The zero-order valence-corrected chi connectivity index (χ0v) is 15.2. The summed E-state index contributed by atoms with van der Waals surface area (Å²) in [6.07, 6.45) is 1.69. The normalized spacial score (nSPS) is 43.0. The van der Waals surface area contributed by atoms with Crippen molar-refractivity contribution in [3.05, 3.63) is 48.0 Å². The number of hydrogen-bond donors (Lipinski definition) is 1. The van der Waals surface area contributed by atoms with Crippen molar-refractivity contribution >= 4 is 5.97 Å². The molecule has 144 valence electrons. The van der Waals surface area contributed by atoms with Crippen molar-refractivity contribution in [1.29, 1.82) is 0 Å². The van der Waals surface area contributed by atoms with Gasteiger partial charge >= 0.3 is 5.97 Å². The van der Waals surface area contributed by atoms with E-state index in [1.165, 1.54) is 14.2 Å². The number of rotatable bonds is 5. The van der Waals surface area contributed by atoms with E-state index >= 15 is 0 Å². The van der Waals surface area contributed by atoms with Crippen molar-refractivity contribution < 1.29 is 33.6 Å². The number of fused-ring (bicyclic) bond motifs is 1. The summed E-state index contributed by atoms with van der Waals surface area (Å²) in [7, 11) is 2.94. The highest BCUT2D eigenvalue weighted by Gasteiger charge is 2.91. The van der Waals surface area contributed by atoms with E-state index in [0.717, 1.165) is 5.56 Å². The largest absolute Gasteiger partial charge is 0.461 e. The minimum atomic E-state index is -1.47. The van der Waals surface area contributed by atoms with Gasteiger partial charge in [-0.3, -0.25) is 0 Å². The number of hydrogen-bond acceptors (Lipinski definition) is 7. The molecule has 5 aliphatic rings. The number of epoxide rings is 1. The summed E-state index contributed by atoms with van der Waals surface area (Å²) >= 11 is 0. The highest BCUT2D eigenvalue weighted by atomic mass is 16.7. The third-order valence-electron chi connectivity index (χ3n) is 6.61. The fourth-order valence-corrected chi connectivity index (χ4v) is 5.39. The summed E-state index contributed by atoms with van der Waals surface area (Å²) in [5.74, 6) is -2.33. The van der Waals surface area contributed by atoms with E-state index in [1.54, 1.807) is 0 Å². The van der Waals surface area contributed by atoms with Gasteiger partial charge in [-0.1, -0.05) is 42.5 Å². The molecule has 6 unspecified atom stereocenters. The summed E-state index contributed by atoms with van der Waals surface area (Å²) < 4.78 is 29.1. The Balaban J connectivity index is 1.59. The molecule has 0 radical (unpaired) electrons. The summed E-state index contributed by atoms with van der Waals surface area (Å²) in [4.78, 5) is 12.8. The van der Waals surface area contributed by atoms with E-state index in [-0.39, 0.29) is 6.61 Å². The molecular weight excluding hydrogens is 352 g/mol. The van der Waals surface area contributed by atoms with E-state index in [1.807, 2.05) is 42.5 Å². The summed E-state index contributed by atoms with van der Waals surface area (Å²) in [6.45, 7) is 0.349. The van der Waals surface area contributed by atoms with Crippen LogP contribution in [0.1, 0.15) is 5.56 Å². The first-order chi connectivity index (χ1) is 13.1. The molecule has 6 rings (SSSR count). The van der Waals surface area contributed by atoms with Crippen LogP contribution in [0, 0.1) is 11.3 Å². The SMILES string of the molecule is COC1(OC)C(O)C2C=CC13C(OCc1ccccc1)COC(=O)C31OC21. The molecule has 2 saturated heterocycles. The molecule has 3 aliphatic carbocycles. The fourth-order valence-electron chi connectivity index (χ4n) is 5.39. The lowest BCUT2D eigenvalue weighted by molar-refractivity contribution is -0.363. The van der Waals surface area contributed by atoms with E-state index in [9.17, 15) is 9.90 Å². The average molecular weight is 374 g/mol. The number of aliphatic hydroxyl groups is 1. The second kappa shape index (κ2) is 5.62. The minimum absolute atomic E-state index is 0.0275. The number of ether oxygens (including phenoxy) is 5. The van der Waals surface area contributed by atoms with Crippen LogP contribution in [0.3, 0.4) is 0 Å². The Kier molecular flexibility index (Phi) is 3.61. The highest BCUT2D eigenvalue weighted by Crippen LogP contribution is 2.72. The molecular formula is C20H22O7. The van der Waals surface area contributed by atoms with Crippen molar-refractivity contribution in [2.75, 3.05) is 20.8 Å². The number of esters is 1. The molecule has 2 spiro atoms. The van der Waals surface area contributed by atoms with Gasteiger partial charge in [0.25, 0.3) is 0 Å². The Bertz CT molecular complexity index is 789. The molecule has 1 N–H and O–H groups in total. The molecule has 27 heavy (non-hydrogen) atoms. The maximum Gasteiger partial charge on any atom is 0.342 e. The molecule has 1 aromatic rings. The van der Waals surface area contributed by atoms with Crippen LogP contribution in [0.2, 0.25) is 0 Å². The van der Waals surface area contributed by atoms with Crippen molar-refractivity contribution in [3.8, 4) is 0 Å². The van der Waals surface area contributed by atoms with Gasteiger partial charge in [0.15, 0.2) is 0 Å². The Morgan fingerprint density at radius 2 is 1.96 bits per heavy atom. The Labute approximate surface area is 156 Å². The monoisotopic (exact) mass is 374 g/mol. The van der Waals surface area contributed by atoms with Crippen LogP contribution in [0.5, 0.6) is 0 Å². The summed E-state index contributed by atoms with van der Waals surface area (Å²) in [6, 6.07) is 9.72. The molecule has 2 bridgehead atoms. The third kappa shape index (κ3) is 1.81. The second-order valence-electron chi connectivity index (χ2n) is 7.48. The highest BCUT2D eigenvalue weighted by molar-refractivity contribution is 5.88. The van der Waals surface area contributed by atoms with E-state index < -0.39 is 47.0 Å². The van der Waals surface area contributed by atoms with Crippen molar-refractivity contribution in [3.63, 3.8) is 0 Å². The molecule has 0 amide bonds. The van der Waals surface area contributed by atoms with Gasteiger partial charge in [0.2, 0.25) is 11.4 Å². The van der Waals surface area contributed by atoms with Gasteiger partial charge < -0.3 is 28.8 Å². The van der Waals surface area contributed by atoms with Crippen molar-refractivity contribution in [2.45, 2.75) is 36.3 Å². The zero-order chi connectivity index (χ0) is 18.9. The van der Waals surface area contributed by atoms with Gasteiger partial charge in [-0.2, -0.15) is 0 Å². The molecule has 1 saturated carbocycles. The second-order valence-corrected chi connectivity index (χ2v) is 7.48. The minimum Gasteiger partial charge on any atom is -0.461 e. The number of carbonyl (C=O) groups is 1. The Morgan fingerprint density at radius 1 is 1.22 bits per heavy atom. The maximum atomic E-state index is 12.8. The number of carbonyl (C=O) groups excluding carboxylic acids is 1. The molecule has 1 aromatic carbocycles. The smallest absolute Gasteiger partial charge is 0.342 e.